The summed E-state index contributed by atoms with van der Waals surface area (Å²) in [4.78, 5) is 12.7. The number of benzene rings is 2. The van der Waals surface area contributed by atoms with Gasteiger partial charge in [-0.15, -0.1) is 0 Å². The molecule has 2 bridgehead atoms. The summed E-state index contributed by atoms with van der Waals surface area (Å²) in [5.41, 5.74) is 2.57. The van der Waals surface area contributed by atoms with Crippen molar-refractivity contribution in [2.24, 2.45) is 5.41 Å². The Labute approximate surface area is 162 Å². The first-order valence-corrected chi connectivity index (χ1v) is 9.45. The van der Waals surface area contributed by atoms with E-state index in [4.69, 9.17) is 16.3 Å². The van der Waals surface area contributed by atoms with Crippen molar-refractivity contribution in [3.8, 4) is 5.69 Å². The third kappa shape index (κ3) is 2.57. The zero-order chi connectivity index (χ0) is 18.6. The lowest BCUT2D eigenvalue weighted by Gasteiger charge is -2.70. The minimum absolute atomic E-state index is 0.0597. The van der Waals surface area contributed by atoms with Gasteiger partial charge < -0.3 is 10.1 Å². The summed E-state index contributed by atoms with van der Waals surface area (Å²) in [6.45, 7) is 0.776. The first-order chi connectivity index (χ1) is 13.0. The van der Waals surface area contributed by atoms with Crippen LogP contribution in [-0.4, -0.2) is 34.9 Å². The first kappa shape index (κ1) is 16.8. The Kier molecular flexibility index (Phi) is 3.61. The Balaban J connectivity index is 1.36. The Bertz CT molecular complexity index is 1040. The largest absolute Gasteiger partial charge is 0.384 e. The molecule has 2 aromatic carbocycles. The van der Waals surface area contributed by atoms with Crippen molar-refractivity contribution < 1.29 is 9.53 Å². The van der Waals surface area contributed by atoms with Crippen molar-refractivity contribution in [1.82, 2.24) is 15.1 Å². The average molecular weight is 382 g/mol. The van der Waals surface area contributed by atoms with E-state index in [0.717, 1.165) is 42.5 Å². The van der Waals surface area contributed by atoms with Gasteiger partial charge in [0.05, 0.1) is 34.6 Å². The van der Waals surface area contributed by atoms with Gasteiger partial charge in [0.2, 0.25) is 0 Å². The van der Waals surface area contributed by atoms with Gasteiger partial charge in [-0.05, 0) is 43.5 Å². The summed E-state index contributed by atoms with van der Waals surface area (Å²) < 4.78 is 7.11. The SMILES string of the molecule is COCC12CC(NC(=O)c3ccc(-n4ncc5ccccc54)cc3Cl)(C1)C2. The van der Waals surface area contributed by atoms with Gasteiger partial charge in [-0.25, -0.2) is 4.68 Å². The van der Waals surface area contributed by atoms with Crippen molar-refractivity contribution >= 4 is 28.4 Å². The van der Waals surface area contributed by atoms with Crippen LogP contribution < -0.4 is 5.32 Å². The van der Waals surface area contributed by atoms with E-state index in [1.165, 1.54) is 0 Å². The molecule has 3 saturated carbocycles. The van der Waals surface area contributed by atoms with E-state index in [-0.39, 0.29) is 16.9 Å². The van der Waals surface area contributed by atoms with Crippen LogP contribution in [0.3, 0.4) is 0 Å². The Morgan fingerprint density at radius 2 is 2.04 bits per heavy atom. The summed E-state index contributed by atoms with van der Waals surface area (Å²) in [5.74, 6) is -0.109. The van der Waals surface area contributed by atoms with Gasteiger partial charge in [-0.2, -0.15) is 5.10 Å². The predicted octanol–water partition coefficient (Wildman–Crippen LogP) is 3.98. The molecule has 27 heavy (non-hydrogen) atoms. The van der Waals surface area contributed by atoms with Gasteiger partial charge in [0, 0.05) is 23.4 Å². The normalized spacial score (nSPS) is 25.7. The molecule has 0 aliphatic heterocycles. The van der Waals surface area contributed by atoms with E-state index in [2.05, 4.69) is 10.4 Å². The number of rotatable bonds is 5. The molecule has 3 aliphatic carbocycles. The van der Waals surface area contributed by atoms with Crippen LogP contribution in [0.15, 0.2) is 48.7 Å². The van der Waals surface area contributed by atoms with E-state index in [1.54, 1.807) is 19.2 Å². The number of carbonyl (C=O) groups excluding carboxylic acids is 1. The molecule has 1 N–H and O–H groups in total. The number of methoxy groups -OCH3 is 1. The molecule has 5 nitrogen and oxygen atoms in total. The second-order valence-electron chi connectivity index (χ2n) is 7.98. The fourth-order valence-corrected chi connectivity index (χ4v) is 5.16. The minimum Gasteiger partial charge on any atom is -0.384 e. The molecular weight excluding hydrogens is 362 g/mol. The summed E-state index contributed by atoms with van der Waals surface area (Å²) in [6.07, 6.45) is 4.81. The lowest BCUT2D eigenvalue weighted by Crippen LogP contribution is -2.75. The fraction of sp³-hybridized carbons (Fsp3) is 0.333. The van der Waals surface area contributed by atoms with Crippen LogP contribution >= 0.6 is 11.6 Å². The number of amides is 1. The number of ether oxygens (including phenoxy) is 1. The molecule has 3 aliphatic rings. The molecular formula is C21H20ClN3O2. The molecule has 1 amide bonds. The van der Waals surface area contributed by atoms with Gasteiger partial charge >= 0.3 is 0 Å². The number of hydrogen-bond acceptors (Lipinski definition) is 3. The second-order valence-corrected chi connectivity index (χ2v) is 8.38. The summed E-state index contributed by atoms with van der Waals surface area (Å²) in [7, 11) is 1.73. The maximum atomic E-state index is 12.7. The third-order valence-corrected chi connectivity index (χ3v) is 6.20. The summed E-state index contributed by atoms with van der Waals surface area (Å²) in [5, 5.41) is 9.11. The van der Waals surface area contributed by atoms with Gasteiger partial charge in [0.25, 0.3) is 5.91 Å². The van der Waals surface area contributed by atoms with Crippen LogP contribution in [0.1, 0.15) is 29.6 Å². The van der Waals surface area contributed by atoms with Crippen molar-refractivity contribution in [1.29, 1.82) is 0 Å². The lowest BCUT2D eigenvalue weighted by molar-refractivity contribution is -0.178. The Morgan fingerprint density at radius 3 is 2.78 bits per heavy atom. The third-order valence-electron chi connectivity index (χ3n) is 5.89. The molecule has 3 fully saturated rings. The molecule has 1 aromatic heterocycles. The van der Waals surface area contributed by atoms with Gasteiger partial charge in [-0.1, -0.05) is 29.8 Å². The molecule has 0 saturated heterocycles. The first-order valence-electron chi connectivity index (χ1n) is 9.07. The number of carbonyl (C=O) groups is 1. The monoisotopic (exact) mass is 381 g/mol. The standard InChI is InChI=1S/C21H20ClN3O2/c1-27-13-20-10-21(11-20,12-20)24-19(26)16-7-6-15(8-17(16)22)25-18-5-3-2-4-14(18)9-23-25/h2-9H,10-13H2,1H3,(H,24,26). The Morgan fingerprint density at radius 1 is 1.26 bits per heavy atom. The molecule has 1 heterocycles. The molecule has 0 atom stereocenters. The van der Waals surface area contributed by atoms with Crippen molar-refractivity contribution in [3.05, 3.63) is 59.2 Å². The number of nitrogens with one attached hydrogen (secondary N) is 1. The van der Waals surface area contributed by atoms with Gasteiger partial charge in [0.1, 0.15) is 0 Å². The molecule has 0 unspecified atom stereocenters. The predicted molar refractivity (Wildman–Crippen MR) is 104 cm³/mol. The zero-order valence-electron chi connectivity index (χ0n) is 15.0. The molecule has 6 rings (SSSR count). The Hall–Kier alpha value is -2.37. The van der Waals surface area contributed by atoms with Crippen LogP contribution in [-0.2, 0) is 4.74 Å². The van der Waals surface area contributed by atoms with Gasteiger partial charge in [-0.3, -0.25) is 4.79 Å². The van der Waals surface area contributed by atoms with Crippen LogP contribution in [0.4, 0.5) is 0 Å². The topological polar surface area (TPSA) is 56.1 Å². The van der Waals surface area contributed by atoms with Crippen molar-refractivity contribution in [2.75, 3.05) is 13.7 Å². The number of para-hydroxylation sites is 1. The van der Waals surface area contributed by atoms with E-state index < -0.39 is 0 Å². The number of hydrogen-bond donors (Lipinski definition) is 1. The highest BCUT2D eigenvalue weighted by Gasteiger charge is 2.68. The van der Waals surface area contributed by atoms with Crippen molar-refractivity contribution in [3.63, 3.8) is 0 Å². The smallest absolute Gasteiger partial charge is 0.253 e. The second kappa shape index (κ2) is 5.81. The van der Waals surface area contributed by atoms with Crippen LogP contribution in [0.2, 0.25) is 5.02 Å². The molecule has 138 valence electrons. The van der Waals surface area contributed by atoms with Crippen molar-refractivity contribution in [2.45, 2.75) is 24.8 Å². The fourth-order valence-electron chi connectivity index (χ4n) is 4.90. The zero-order valence-corrected chi connectivity index (χ0v) is 15.8. The maximum Gasteiger partial charge on any atom is 0.253 e. The summed E-state index contributed by atoms with van der Waals surface area (Å²) >= 11 is 6.45. The number of nitrogens with zero attached hydrogens (tertiary/aromatic N) is 2. The number of fused-ring (bicyclic) bond motifs is 1. The summed E-state index contributed by atoms with van der Waals surface area (Å²) in [6, 6.07) is 13.4. The number of aromatic nitrogens is 2. The van der Waals surface area contributed by atoms with E-state index >= 15 is 0 Å². The highest BCUT2D eigenvalue weighted by atomic mass is 35.5. The highest BCUT2D eigenvalue weighted by molar-refractivity contribution is 6.34. The van der Waals surface area contributed by atoms with Crippen LogP contribution in [0, 0.1) is 5.41 Å². The van der Waals surface area contributed by atoms with E-state index in [0.29, 0.717) is 10.6 Å². The average Bonchev–Trinajstić information content (AvgIpc) is 3.02. The van der Waals surface area contributed by atoms with Crippen LogP contribution in [0.25, 0.3) is 16.6 Å². The molecule has 3 aromatic rings. The molecule has 0 radical (unpaired) electrons. The molecule has 0 spiro atoms. The highest BCUT2D eigenvalue weighted by Crippen LogP contribution is 2.67. The van der Waals surface area contributed by atoms with Gasteiger partial charge in [0.15, 0.2) is 0 Å². The van der Waals surface area contributed by atoms with Crippen LogP contribution in [0.5, 0.6) is 0 Å². The maximum absolute atomic E-state index is 12.7. The molecule has 6 heteroatoms. The van der Waals surface area contributed by atoms with E-state index in [9.17, 15) is 4.79 Å². The quantitative estimate of drug-likeness (QED) is 0.727. The number of halogens is 1. The minimum atomic E-state index is -0.109. The van der Waals surface area contributed by atoms with E-state index in [1.807, 2.05) is 41.2 Å². The lowest BCUT2D eigenvalue weighted by atomic mass is 9.39.